The van der Waals surface area contributed by atoms with Gasteiger partial charge in [0.15, 0.2) is 0 Å². The van der Waals surface area contributed by atoms with Crippen LogP contribution in [0.3, 0.4) is 0 Å². The van der Waals surface area contributed by atoms with E-state index in [1.807, 2.05) is 13.8 Å². The van der Waals surface area contributed by atoms with Crippen molar-refractivity contribution in [1.29, 1.82) is 5.41 Å². The van der Waals surface area contributed by atoms with Crippen molar-refractivity contribution in [3.63, 3.8) is 0 Å². The fourth-order valence-corrected chi connectivity index (χ4v) is 0.736. The summed E-state index contributed by atoms with van der Waals surface area (Å²) < 4.78 is 0. The van der Waals surface area contributed by atoms with Gasteiger partial charge in [0.05, 0.1) is 12.9 Å². The third kappa shape index (κ3) is 4.10. The molecule has 0 fully saturated rings. The normalized spacial score (nSPS) is 12.5. The molecule has 0 saturated carbocycles. The van der Waals surface area contributed by atoms with Gasteiger partial charge < -0.3 is 11.1 Å². The topological polar surface area (TPSA) is 74.3 Å². The van der Waals surface area contributed by atoms with E-state index in [1.54, 1.807) is 6.21 Å². The van der Waals surface area contributed by atoms with Crippen LogP contribution in [0.2, 0.25) is 0 Å². The van der Waals surface area contributed by atoms with Gasteiger partial charge in [-0.2, -0.15) is 0 Å². The zero-order valence-corrected chi connectivity index (χ0v) is 8.09. The van der Waals surface area contributed by atoms with Crippen molar-refractivity contribution in [2.75, 3.05) is 6.54 Å². The minimum absolute atomic E-state index is 0.494. The van der Waals surface area contributed by atoms with Crippen LogP contribution in [0.15, 0.2) is 28.5 Å². The van der Waals surface area contributed by atoms with Gasteiger partial charge in [-0.15, -0.1) is 0 Å². The first kappa shape index (κ1) is 11.4. The second kappa shape index (κ2) is 5.99. The van der Waals surface area contributed by atoms with E-state index in [0.717, 1.165) is 17.6 Å². The first-order valence-corrected chi connectivity index (χ1v) is 3.97. The van der Waals surface area contributed by atoms with E-state index in [0.29, 0.717) is 12.2 Å². The molecule has 0 radical (unpaired) electrons. The van der Waals surface area contributed by atoms with Gasteiger partial charge in [0.1, 0.15) is 0 Å². The Hall–Kier alpha value is -1.58. The van der Waals surface area contributed by atoms with Crippen LogP contribution in [0.4, 0.5) is 0 Å². The van der Waals surface area contributed by atoms with E-state index in [2.05, 4.69) is 16.9 Å². The highest BCUT2D eigenvalue weighted by Gasteiger charge is 2.00. The molecule has 0 bridgehead atoms. The minimum Gasteiger partial charge on any atom is -0.399 e. The molecule has 0 aliphatic heterocycles. The van der Waals surface area contributed by atoms with Crippen molar-refractivity contribution >= 4 is 12.6 Å². The third-order valence-corrected chi connectivity index (χ3v) is 1.61. The summed E-state index contributed by atoms with van der Waals surface area (Å²) in [6.45, 7) is 7.80. The quantitative estimate of drug-likeness (QED) is 0.336. The Bertz CT molecular complexity index is 250. The van der Waals surface area contributed by atoms with Crippen LogP contribution in [0.5, 0.6) is 0 Å². The lowest BCUT2D eigenvalue weighted by atomic mass is 10.2. The molecule has 4 nitrogen and oxygen atoms in total. The maximum atomic E-state index is 6.91. The predicted octanol–water partition coefficient (Wildman–Crippen LogP) is 1.02. The first-order valence-electron chi connectivity index (χ1n) is 3.97. The van der Waals surface area contributed by atoms with Gasteiger partial charge in [-0.25, -0.2) is 0 Å². The van der Waals surface area contributed by atoms with Gasteiger partial charge >= 0.3 is 0 Å². The number of hydrogen-bond donors (Lipinski definition) is 3. The van der Waals surface area contributed by atoms with Crippen LogP contribution in [0, 0.1) is 5.41 Å². The molecule has 0 unspecified atom stereocenters. The van der Waals surface area contributed by atoms with E-state index < -0.39 is 0 Å². The van der Waals surface area contributed by atoms with Gasteiger partial charge in [0, 0.05) is 11.4 Å². The fraction of sp³-hybridized carbons (Fsp3) is 0.333. The second-order valence-electron chi connectivity index (χ2n) is 2.52. The summed E-state index contributed by atoms with van der Waals surface area (Å²) in [7, 11) is 0. The highest BCUT2D eigenvalue weighted by molar-refractivity contribution is 5.57. The van der Waals surface area contributed by atoms with Gasteiger partial charge in [-0.3, -0.25) is 10.4 Å². The highest BCUT2D eigenvalue weighted by Crippen LogP contribution is 2.05. The van der Waals surface area contributed by atoms with Crippen molar-refractivity contribution in [3.05, 3.63) is 23.5 Å². The smallest absolute Gasteiger partial charge is 0.0833 e. The maximum Gasteiger partial charge on any atom is 0.0833 e. The Morgan fingerprint density at radius 2 is 2.31 bits per heavy atom. The highest BCUT2D eigenvalue weighted by atomic mass is 14.9. The molecule has 0 amide bonds. The number of nitrogens with zero attached hydrogens (tertiary/aromatic N) is 1. The largest absolute Gasteiger partial charge is 0.399 e. The lowest BCUT2D eigenvalue weighted by molar-refractivity contribution is 0.985. The lowest BCUT2D eigenvalue weighted by Crippen LogP contribution is -2.16. The number of nitrogens with one attached hydrogen (secondary N) is 2. The molecular weight excluding hydrogens is 164 g/mol. The first-order chi connectivity index (χ1) is 6.13. The molecule has 0 aromatic carbocycles. The average Bonchev–Trinajstić information content (AvgIpc) is 2.11. The van der Waals surface area contributed by atoms with Crippen LogP contribution >= 0.6 is 0 Å². The molecule has 0 rings (SSSR count). The van der Waals surface area contributed by atoms with Gasteiger partial charge in [0.2, 0.25) is 0 Å². The van der Waals surface area contributed by atoms with Gasteiger partial charge in [-0.05, 0) is 25.6 Å². The monoisotopic (exact) mass is 180 g/mol. The number of allylic oxidation sites excluding steroid dienone is 1. The molecule has 13 heavy (non-hydrogen) atoms. The van der Waals surface area contributed by atoms with E-state index in [1.165, 1.54) is 0 Å². The molecule has 4 heteroatoms. The predicted molar refractivity (Wildman–Crippen MR) is 57.0 cm³/mol. The van der Waals surface area contributed by atoms with E-state index in [4.69, 9.17) is 11.1 Å². The van der Waals surface area contributed by atoms with Crippen molar-refractivity contribution < 1.29 is 0 Å². The standard InChI is InChI=1S/C9H16N4/c1-4-12-5-9(13-6-10)7(2)8(3)11/h4,6H,3,5,11H2,1-2H3,(H2,10,13)/b9-7+,12-4?. The van der Waals surface area contributed by atoms with Crippen LogP contribution in [-0.4, -0.2) is 19.1 Å². The maximum absolute atomic E-state index is 6.91. The molecule has 0 heterocycles. The van der Waals surface area contributed by atoms with Crippen molar-refractivity contribution in [3.8, 4) is 0 Å². The number of aliphatic imine (C=N–C) groups is 1. The molecule has 0 atom stereocenters. The Labute approximate surface area is 78.8 Å². The Morgan fingerprint density at radius 1 is 1.69 bits per heavy atom. The van der Waals surface area contributed by atoms with Gasteiger partial charge in [-0.1, -0.05) is 6.58 Å². The summed E-state index contributed by atoms with van der Waals surface area (Å²) in [5.74, 6) is 0. The lowest BCUT2D eigenvalue weighted by Gasteiger charge is -2.08. The molecule has 0 aliphatic carbocycles. The summed E-state index contributed by atoms with van der Waals surface area (Å²) in [6.07, 6.45) is 2.81. The zero-order valence-electron chi connectivity index (χ0n) is 8.09. The summed E-state index contributed by atoms with van der Waals surface area (Å²) in [6, 6.07) is 0. The van der Waals surface area contributed by atoms with Crippen LogP contribution in [-0.2, 0) is 0 Å². The Balaban J connectivity index is 4.64. The van der Waals surface area contributed by atoms with Crippen LogP contribution in [0.25, 0.3) is 0 Å². The van der Waals surface area contributed by atoms with Crippen LogP contribution in [0.1, 0.15) is 13.8 Å². The van der Waals surface area contributed by atoms with Gasteiger partial charge in [0.25, 0.3) is 0 Å². The van der Waals surface area contributed by atoms with Crippen LogP contribution < -0.4 is 11.1 Å². The summed E-state index contributed by atoms with van der Waals surface area (Å²) in [5, 5.41) is 9.68. The number of nitrogens with two attached hydrogens (primary N) is 1. The molecule has 0 aromatic rings. The summed E-state index contributed by atoms with van der Waals surface area (Å²) in [4.78, 5) is 4.05. The van der Waals surface area contributed by atoms with E-state index >= 15 is 0 Å². The Kier molecular flexibility index (Phi) is 5.27. The molecule has 0 aliphatic rings. The minimum atomic E-state index is 0.494. The molecule has 0 spiro atoms. The summed E-state index contributed by atoms with van der Waals surface area (Å²) >= 11 is 0. The number of hydrogen-bond acceptors (Lipinski definition) is 3. The van der Waals surface area contributed by atoms with Crippen molar-refractivity contribution in [2.45, 2.75) is 13.8 Å². The number of rotatable bonds is 5. The fourth-order valence-electron chi connectivity index (χ4n) is 0.736. The SMILES string of the molecule is C=C(N)/C(C)=C(\CN=CC)NC=N. The molecule has 0 aromatic heterocycles. The average molecular weight is 180 g/mol. The zero-order chi connectivity index (χ0) is 10.3. The molecule has 4 N–H and O–H groups in total. The molecule has 72 valence electrons. The molecule has 0 saturated heterocycles. The van der Waals surface area contributed by atoms with E-state index in [9.17, 15) is 0 Å². The third-order valence-electron chi connectivity index (χ3n) is 1.61. The Morgan fingerprint density at radius 3 is 2.69 bits per heavy atom. The van der Waals surface area contributed by atoms with E-state index in [-0.39, 0.29) is 0 Å². The van der Waals surface area contributed by atoms with Crippen molar-refractivity contribution in [1.82, 2.24) is 5.32 Å². The molecular formula is C9H16N4. The summed E-state index contributed by atoms with van der Waals surface area (Å²) in [5.41, 5.74) is 7.66. The van der Waals surface area contributed by atoms with Crippen molar-refractivity contribution in [2.24, 2.45) is 10.7 Å². The second-order valence-corrected chi connectivity index (χ2v) is 2.52.